The molecule has 0 aliphatic heterocycles. The molecule has 0 saturated carbocycles. The van der Waals surface area contributed by atoms with Crippen LogP contribution in [0.5, 0.6) is 5.75 Å². The number of ether oxygens (including phenoxy) is 1. The van der Waals surface area contributed by atoms with E-state index in [-0.39, 0.29) is 17.0 Å². The lowest BCUT2D eigenvalue weighted by Crippen LogP contribution is -2.27. The molecule has 2 heterocycles. The maximum absolute atomic E-state index is 12.9. The zero-order chi connectivity index (χ0) is 24.1. The van der Waals surface area contributed by atoms with Gasteiger partial charge < -0.3 is 14.6 Å². The number of amides is 1. The predicted molar refractivity (Wildman–Crippen MR) is 130 cm³/mol. The fourth-order valence-electron chi connectivity index (χ4n) is 3.82. The molecule has 176 valence electrons. The molecule has 2 aromatic carbocycles. The molecule has 0 radical (unpaired) electrons. The van der Waals surface area contributed by atoms with Crippen LogP contribution in [0.4, 0.5) is 0 Å². The average molecular weight is 461 g/mol. The average Bonchev–Trinajstić information content (AvgIpc) is 3.24. The molecule has 0 spiro atoms. The zero-order valence-electron chi connectivity index (χ0n) is 19.6. The molecule has 1 amide bonds. The number of aromatic nitrogens is 3. The van der Waals surface area contributed by atoms with Gasteiger partial charge in [-0.1, -0.05) is 35.0 Å². The molecule has 0 saturated heterocycles. The number of carbonyl (C=O) groups excluding carboxylic acids is 1. The van der Waals surface area contributed by atoms with Crippen molar-refractivity contribution in [2.75, 3.05) is 13.7 Å². The van der Waals surface area contributed by atoms with E-state index in [0.29, 0.717) is 42.8 Å². The molecule has 0 bridgehead atoms. The van der Waals surface area contributed by atoms with Crippen LogP contribution in [0.15, 0.2) is 57.8 Å². The van der Waals surface area contributed by atoms with Crippen molar-refractivity contribution < 1.29 is 14.1 Å². The first-order valence-corrected chi connectivity index (χ1v) is 11.3. The van der Waals surface area contributed by atoms with E-state index >= 15 is 0 Å². The fraction of sp³-hybridized carbons (Fsp3) is 0.308. The third-order valence-corrected chi connectivity index (χ3v) is 5.75. The molecule has 4 rings (SSSR count). The Bertz CT molecular complexity index is 1340. The molecule has 4 aromatic rings. The summed E-state index contributed by atoms with van der Waals surface area (Å²) in [6.07, 6.45) is 1.56. The maximum atomic E-state index is 12.9. The number of carbonyl (C=O) groups is 1. The zero-order valence-corrected chi connectivity index (χ0v) is 19.6. The molecule has 0 atom stereocenters. The predicted octanol–water partition coefficient (Wildman–Crippen LogP) is 3.82. The van der Waals surface area contributed by atoms with Crippen molar-refractivity contribution in [2.45, 2.75) is 39.7 Å². The summed E-state index contributed by atoms with van der Waals surface area (Å²) >= 11 is 0. The van der Waals surface area contributed by atoms with Crippen molar-refractivity contribution in [2.24, 2.45) is 0 Å². The number of rotatable bonds is 9. The molecular weight excluding hydrogens is 432 g/mol. The highest BCUT2D eigenvalue weighted by atomic mass is 16.5. The molecule has 34 heavy (non-hydrogen) atoms. The molecule has 0 aliphatic rings. The smallest absolute Gasteiger partial charge is 0.296 e. The summed E-state index contributed by atoms with van der Waals surface area (Å²) in [5.41, 5.74) is 3.73. The quantitative estimate of drug-likeness (QED) is 0.408. The third kappa shape index (κ3) is 5.17. The number of methoxy groups -OCH3 is 1. The number of benzene rings is 2. The second-order valence-corrected chi connectivity index (χ2v) is 8.26. The van der Waals surface area contributed by atoms with E-state index in [1.165, 1.54) is 15.8 Å². The highest BCUT2D eigenvalue weighted by molar-refractivity contribution is 5.93. The van der Waals surface area contributed by atoms with Gasteiger partial charge >= 0.3 is 0 Å². The number of nitrogens with zero attached hydrogens (tertiary/aromatic N) is 3. The normalized spacial score (nSPS) is 11.0. The Kier molecular flexibility index (Phi) is 7.06. The number of aryl methyl sites for hydroxylation is 3. The first-order chi connectivity index (χ1) is 16.5. The molecule has 0 fully saturated rings. The SMILES string of the molecule is COc1ccc(-c2nn(CCCC(=O)NCCc3ccc(C)cc3)c(=O)c3noc(C)c23)cc1. The van der Waals surface area contributed by atoms with E-state index in [1.807, 2.05) is 31.2 Å². The molecule has 8 nitrogen and oxygen atoms in total. The van der Waals surface area contributed by atoms with Gasteiger partial charge in [-0.05, 0) is 56.5 Å². The van der Waals surface area contributed by atoms with Gasteiger partial charge in [-0.15, -0.1) is 0 Å². The molecular formula is C26H28N4O4. The number of nitrogens with one attached hydrogen (secondary N) is 1. The van der Waals surface area contributed by atoms with Crippen LogP contribution in [0.3, 0.4) is 0 Å². The first-order valence-electron chi connectivity index (χ1n) is 11.3. The van der Waals surface area contributed by atoms with Crippen molar-refractivity contribution >= 4 is 16.8 Å². The Labute approximate surface area is 197 Å². The van der Waals surface area contributed by atoms with Gasteiger partial charge in [-0.2, -0.15) is 5.10 Å². The van der Waals surface area contributed by atoms with E-state index in [1.54, 1.807) is 14.0 Å². The Morgan fingerprint density at radius 2 is 1.82 bits per heavy atom. The Hall–Kier alpha value is -3.94. The molecule has 1 N–H and O–H groups in total. The summed E-state index contributed by atoms with van der Waals surface area (Å²) in [5.74, 6) is 1.21. The van der Waals surface area contributed by atoms with Crippen LogP contribution in [0, 0.1) is 13.8 Å². The standard InChI is InChI=1S/C26H28N4O4/c1-17-6-8-19(9-7-17)14-15-27-22(31)5-4-16-30-26(32)25-23(18(2)34-29-25)24(28-30)20-10-12-21(33-3)13-11-20/h6-13H,4-5,14-16H2,1-3H3,(H,27,31). The van der Waals surface area contributed by atoms with E-state index in [0.717, 1.165) is 17.7 Å². The highest BCUT2D eigenvalue weighted by Gasteiger charge is 2.19. The molecule has 8 heteroatoms. The number of fused-ring (bicyclic) bond motifs is 1. The topological polar surface area (TPSA) is 99.2 Å². The second-order valence-electron chi connectivity index (χ2n) is 8.26. The summed E-state index contributed by atoms with van der Waals surface area (Å²) in [5, 5.41) is 12.1. The lowest BCUT2D eigenvalue weighted by atomic mass is 10.1. The summed E-state index contributed by atoms with van der Waals surface area (Å²) in [6, 6.07) is 15.7. The van der Waals surface area contributed by atoms with Gasteiger partial charge in [0.2, 0.25) is 5.91 Å². The van der Waals surface area contributed by atoms with Gasteiger partial charge in [-0.3, -0.25) is 9.59 Å². The molecule has 0 aliphatic carbocycles. The highest BCUT2D eigenvalue weighted by Crippen LogP contribution is 2.28. The molecule has 0 unspecified atom stereocenters. The third-order valence-electron chi connectivity index (χ3n) is 5.75. The Balaban J connectivity index is 1.42. The minimum Gasteiger partial charge on any atom is -0.497 e. The van der Waals surface area contributed by atoms with Crippen molar-refractivity contribution in [3.05, 3.63) is 75.8 Å². The van der Waals surface area contributed by atoms with Gasteiger partial charge in [-0.25, -0.2) is 4.68 Å². The van der Waals surface area contributed by atoms with Crippen molar-refractivity contribution in [1.29, 1.82) is 0 Å². The van der Waals surface area contributed by atoms with Crippen molar-refractivity contribution in [3.63, 3.8) is 0 Å². The van der Waals surface area contributed by atoms with Gasteiger partial charge in [0.25, 0.3) is 5.56 Å². The van der Waals surface area contributed by atoms with Crippen LogP contribution in [0.2, 0.25) is 0 Å². The lowest BCUT2D eigenvalue weighted by Gasteiger charge is -2.10. The maximum Gasteiger partial charge on any atom is 0.296 e. The van der Waals surface area contributed by atoms with Crippen LogP contribution in [-0.2, 0) is 17.8 Å². The minimum absolute atomic E-state index is 0.0473. The Morgan fingerprint density at radius 1 is 1.09 bits per heavy atom. The Morgan fingerprint density at radius 3 is 2.53 bits per heavy atom. The van der Waals surface area contributed by atoms with Crippen LogP contribution in [-0.4, -0.2) is 34.5 Å². The van der Waals surface area contributed by atoms with Crippen LogP contribution < -0.4 is 15.6 Å². The van der Waals surface area contributed by atoms with Gasteiger partial charge in [0, 0.05) is 25.1 Å². The summed E-state index contributed by atoms with van der Waals surface area (Å²) in [4.78, 5) is 25.2. The molecule has 2 aromatic heterocycles. The van der Waals surface area contributed by atoms with Crippen molar-refractivity contribution in [3.8, 4) is 17.0 Å². The first kappa shape index (κ1) is 23.2. The van der Waals surface area contributed by atoms with E-state index in [2.05, 4.69) is 39.8 Å². The van der Waals surface area contributed by atoms with E-state index in [4.69, 9.17) is 9.26 Å². The summed E-state index contributed by atoms with van der Waals surface area (Å²) in [7, 11) is 1.61. The van der Waals surface area contributed by atoms with E-state index < -0.39 is 0 Å². The largest absolute Gasteiger partial charge is 0.497 e. The van der Waals surface area contributed by atoms with Gasteiger partial charge in [0.05, 0.1) is 12.5 Å². The number of hydrogen-bond acceptors (Lipinski definition) is 6. The monoisotopic (exact) mass is 460 g/mol. The van der Waals surface area contributed by atoms with Crippen LogP contribution in [0.25, 0.3) is 22.2 Å². The van der Waals surface area contributed by atoms with Gasteiger partial charge in [0.1, 0.15) is 17.2 Å². The lowest BCUT2D eigenvalue weighted by molar-refractivity contribution is -0.121. The number of hydrogen-bond donors (Lipinski definition) is 1. The van der Waals surface area contributed by atoms with E-state index in [9.17, 15) is 9.59 Å². The van der Waals surface area contributed by atoms with Crippen LogP contribution >= 0.6 is 0 Å². The van der Waals surface area contributed by atoms with Crippen molar-refractivity contribution in [1.82, 2.24) is 20.3 Å². The fourth-order valence-corrected chi connectivity index (χ4v) is 3.82. The second kappa shape index (κ2) is 10.3. The van der Waals surface area contributed by atoms with Crippen LogP contribution in [0.1, 0.15) is 29.7 Å². The minimum atomic E-state index is -0.330. The summed E-state index contributed by atoms with van der Waals surface area (Å²) < 4.78 is 11.9. The summed E-state index contributed by atoms with van der Waals surface area (Å²) in [6.45, 7) is 4.68. The van der Waals surface area contributed by atoms with Gasteiger partial charge in [0.15, 0.2) is 5.52 Å².